The van der Waals surface area contributed by atoms with E-state index in [0.717, 1.165) is 22.4 Å². The van der Waals surface area contributed by atoms with Crippen LogP contribution < -0.4 is 28.3 Å². The standard InChI is InChI=1S/C23H22O6.C12H12N/c1-11(2)16-8-14-15(28-16)6-5-12-22(24)21-13-7-18(25-3)19(26-4)9-17(13)27-10-20(21)29-23(12)14;1-13-9-7-12(8-10-13)11-5-3-2-4-6-11/h5-7,9,16,20-21H,1,8,10H2,2-4H3;2-10H,1H3/q;+1/t16-,20-,21+;/m1./s1. The van der Waals surface area contributed by atoms with Gasteiger partial charge in [-0.1, -0.05) is 36.9 Å². The molecule has 4 heterocycles. The van der Waals surface area contributed by atoms with Crippen molar-refractivity contribution in [2.24, 2.45) is 7.05 Å². The predicted octanol–water partition coefficient (Wildman–Crippen LogP) is 5.88. The van der Waals surface area contributed by atoms with Crippen LogP contribution in [-0.2, 0) is 13.5 Å². The van der Waals surface area contributed by atoms with Crippen molar-refractivity contribution in [1.29, 1.82) is 0 Å². The molecule has 7 rings (SSSR count). The van der Waals surface area contributed by atoms with Crippen LogP contribution in [0.4, 0.5) is 0 Å². The van der Waals surface area contributed by atoms with Crippen molar-refractivity contribution in [1.82, 2.24) is 0 Å². The Hall–Kier alpha value is -4.78. The number of Topliss-reactive ketones (excluding diaryl/α,β-unsaturated/α-hetero) is 1. The summed E-state index contributed by atoms with van der Waals surface area (Å²) in [7, 11) is 5.16. The highest BCUT2D eigenvalue weighted by Gasteiger charge is 2.45. The number of hydrogen-bond acceptors (Lipinski definition) is 6. The molecule has 214 valence electrons. The summed E-state index contributed by atoms with van der Waals surface area (Å²) in [6.45, 7) is 6.22. The first-order valence-corrected chi connectivity index (χ1v) is 14.0. The van der Waals surface area contributed by atoms with Crippen LogP contribution in [0, 0.1) is 0 Å². The molecule has 0 amide bonds. The van der Waals surface area contributed by atoms with Crippen LogP contribution in [0.25, 0.3) is 11.1 Å². The van der Waals surface area contributed by atoms with Gasteiger partial charge in [0.25, 0.3) is 0 Å². The van der Waals surface area contributed by atoms with Crippen molar-refractivity contribution in [2.75, 3.05) is 20.8 Å². The molecule has 7 heteroatoms. The number of methoxy groups -OCH3 is 2. The Balaban J connectivity index is 0.000000203. The van der Waals surface area contributed by atoms with E-state index in [2.05, 4.69) is 55.4 Å². The lowest BCUT2D eigenvalue weighted by molar-refractivity contribution is -0.671. The summed E-state index contributed by atoms with van der Waals surface area (Å²) in [6.07, 6.45) is 4.27. The number of carbonyl (C=O) groups is 1. The second-order valence-corrected chi connectivity index (χ2v) is 10.7. The third-order valence-corrected chi connectivity index (χ3v) is 7.95. The van der Waals surface area contributed by atoms with Crippen LogP contribution in [0.3, 0.4) is 0 Å². The molecule has 1 aromatic heterocycles. The Labute approximate surface area is 245 Å². The smallest absolute Gasteiger partial charge is 0.178 e. The van der Waals surface area contributed by atoms with Gasteiger partial charge in [0.05, 0.1) is 25.7 Å². The molecule has 0 aliphatic carbocycles. The summed E-state index contributed by atoms with van der Waals surface area (Å²) in [4.78, 5) is 13.5. The van der Waals surface area contributed by atoms with Gasteiger partial charge in [0.15, 0.2) is 29.7 Å². The number of aromatic nitrogens is 1. The number of nitrogens with zero attached hydrogens (tertiary/aromatic N) is 1. The second kappa shape index (κ2) is 11.2. The van der Waals surface area contributed by atoms with Gasteiger partial charge in [-0.3, -0.25) is 4.79 Å². The molecule has 7 nitrogen and oxygen atoms in total. The number of carbonyl (C=O) groups excluding carboxylic acids is 1. The molecular weight excluding hydrogens is 530 g/mol. The molecule has 3 aliphatic heterocycles. The van der Waals surface area contributed by atoms with Crippen LogP contribution in [0.2, 0.25) is 0 Å². The van der Waals surface area contributed by atoms with Crippen molar-refractivity contribution in [3.63, 3.8) is 0 Å². The quantitative estimate of drug-likeness (QED) is 0.228. The summed E-state index contributed by atoms with van der Waals surface area (Å²) in [6, 6.07) is 21.9. The van der Waals surface area contributed by atoms with Crippen LogP contribution in [0.5, 0.6) is 28.7 Å². The van der Waals surface area contributed by atoms with E-state index in [4.69, 9.17) is 23.7 Å². The highest BCUT2D eigenvalue weighted by molar-refractivity contribution is 6.06. The highest BCUT2D eigenvalue weighted by atomic mass is 16.5. The normalized spacial score (nSPS) is 19.2. The summed E-state index contributed by atoms with van der Waals surface area (Å²) < 4.78 is 31.0. The third-order valence-electron chi connectivity index (χ3n) is 7.95. The molecule has 0 saturated heterocycles. The number of pyridine rings is 1. The molecule has 42 heavy (non-hydrogen) atoms. The lowest BCUT2D eigenvalue weighted by atomic mass is 9.81. The molecule has 0 unspecified atom stereocenters. The van der Waals surface area contributed by atoms with Crippen LogP contribution in [0.1, 0.15) is 34.3 Å². The van der Waals surface area contributed by atoms with E-state index in [1.807, 2.05) is 36.7 Å². The first-order chi connectivity index (χ1) is 20.4. The van der Waals surface area contributed by atoms with Gasteiger partial charge in [-0.15, -0.1) is 0 Å². The second-order valence-electron chi connectivity index (χ2n) is 10.7. The maximum absolute atomic E-state index is 13.5. The fraction of sp³-hybridized carbons (Fsp3) is 0.257. The summed E-state index contributed by atoms with van der Waals surface area (Å²) >= 11 is 0. The zero-order chi connectivity index (χ0) is 29.4. The number of benzene rings is 3. The molecule has 0 spiro atoms. The fourth-order valence-electron chi connectivity index (χ4n) is 5.66. The Morgan fingerprint density at radius 1 is 0.905 bits per heavy atom. The monoisotopic (exact) mass is 564 g/mol. The van der Waals surface area contributed by atoms with Crippen LogP contribution in [0.15, 0.2) is 91.3 Å². The molecule has 0 N–H and O–H groups in total. The van der Waals surface area contributed by atoms with Crippen molar-refractivity contribution < 1.29 is 33.0 Å². The minimum absolute atomic E-state index is 0.0228. The van der Waals surface area contributed by atoms with Gasteiger partial charge in [0, 0.05) is 35.7 Å². The molecule has 3 aliphatic rings. The maximum atomic E-state index is 13.5. The van der Waals surface area contributed by atoms with Gasteiger partial charge in [0.1, 0.15) is 43.1 Å². The number of fused-ring (bicyclic) bond motifs is 6. The number of aryl methyl sites for hydroxylation is 1. The van der Waals surface area contributed by atoms with E-state index in [9.17, 15) is 4.79 Å². The van der Waals surface area contributed by atoms with Gasteiger partial charge in [-0.25, -0.2) is 4.57 Å². The lowest BCUT2D eigenvalue weighted by Gasteiger charge is -2.37. The molecule has 0 radical (unpaired) electrons. The predicted molar refractivity (Wildman–Crippen MR) is 159 cm³/mol. The van der Waals surface area contributed by atoms with E-state index in [1.54, 1.807) is 26.4 Å². The molecule has 3 aromatic carbocycles. The Bertz CT molecular complexity index is 1650. The largest absolute Gasteiger partial charge is 0.493 e. The molecule has 4 aromatic rings. The summed E-state index contributed by atoms with van der Waals surface area (Å²) in [5.41, 5.74) is 5.75. The molecule has 0 saturated carbocycles. The van der Waals surface area contributed by atoms with Crippen molar-refractivity contribution in [3.8, 4) is 39.9 Å². The van der Waals surface area contributed by atoms with Crippen molar-refractivity contribution >= 4 is 5.78 Å². The van der Waals surface area contributed by atoms with Gasteiger partial charge in [0.2, 0.25) is 0 Å². The number of ketones is 1. The molecule has 0 bridgehead atoms. The van der Waals surface area contributed by atoms with E-state index < -0.39 is 12.0 Å². The van der Waals surface area contributed by atoms with Gasteiger partial charge in [-0.05, 0) is 41.8 Å². The SMILES string of the molecule is C=C(C)[C@H]1Cc2c(ccc3c2O[C@@H]2COc4cc(OC)c(OC)cc4[C@@H]2C3=O)O1.C[n+]1ccc(-c2ccccc2)cc1. The lowest BCUT2D eigenvalue weighted by Crippen LogP contribution is -2.43. The Morgan fingerprint density at radius 3 is 2.29 bits per heavy atom. The van der Waals surface area contributed by atoms with E-state index in [1.165, 1.54) is 11.1 Å². The topological polar surface area (TPSA) is 67.1 Å². The van der Waals surface area contributed by atoms with Gasteiger partial charge < -0.3 is 23.7 Å². The first-order valence-electron chi connectivity index (χ1n) is 14.0. The minimum Gasteiger partial charge on any atom is -0.493 e. The number of hydrogen-bond donors (Lipinski definition) is 0. The average Bonchev–Trinajstić information content (AvgIpc) is 3.47. The fourth-order valence-corrected chi connectivity index (χ4v) is 5.66. The average molecular weight is 565 g/mol. The van der Waals surface area contributed by atoms with Crippen LogP contribution >= 0.6 is 0 Å². The molecule has 3 atom stereocenters. The van der Waals surface area contributed by atoms with Gasteiger partial charge in [-0.2, -0.15) is 0 Å². The Morgan fingerprint density at radius 2 is 1.60 bits per heavy atom. The highest BCUT2D eigenvalue weighted by Crippen LogP contribution is 2.49. The van der Waals surface area contributed by atoms with Crippen molar-refractivity contribution in [2.45, 2.75) is 31.5 Å². The van der Waals surface area contributed by atoms with E-state index in [-0.39, 0.29) is 18.5 Å². The minimum atomic E-state index is -0.455. The molecular formula is C35H34NO6+. The summed E-state index contributed by atoms with van der Waals surface area (Å²) in [5, 5.41) is 0. The zero-order valence-electron chi connectivity index (χ0n) is 24.3. The van der Waals surface area contributed by atoms with E-state index in [0.29, 0.717) is 35.0 Å². The molecule has 0 fully saturated rings. The Kier molecular flexibility index (Phi) is 7.33. The first kappa shape index (κ1) is 27.4. The van der Waals surface area contributed by atoms with Crippen molar-refractivity contribution in [3.05, 3.63) is 108 Å². The zero-order valence-corrected chi connectivity index (χ0v) is 24.3. The maximum Gasteiger partial charge on any atom is 0.178 e. The third kappa shape index (κ3) is 4.96. The van der Waals surface area contributed by atoms with Gasteiger partial charge >= 0.3 is 0 Å². The summed E-state index contributed by atoms with van der Waals surface area (Å²) in [5.74, 6) is 2.68. The van der Waals surface area contributed by atoms with E-state index >= 15 is 0 Å². The number of ether oxygens (including phenoxy) is 5. The van der Waals surface area contributed by atoms with Crippen LogP contribution in [-0.4, -0.2) is 38.8 Å². The number of rotatable bonds is 4.